The largest absolute Gasteiger partial charge is 0.479 e. The normalized spacial score (nSPS) is 19.4. The van der Waals surface area contributed by atoms with Crippen LogP contribution in [0.1, 0.15) is 226 Å². The van der Waals surface area contributed by atoms with E-state index in [4.69, 9.17) is 23.7 Å². The molecule has 0 aromatic carbocycles. The molecule has 0 spiro atoms. The highest BCUT2D eigenvalue weighted by atomic mass is 16.7. The molecule has 1 saturated heterocycles. The first-order chi connectivity index (χ1) is 30.6. The average molecular weight is 895 g/mol. The zero-order valence-corrected chi connectivity index (χ0v) is 39.8. The number of allylic oxidation sites excluding steroid dienone is 4. The Bertz CT molecular complexity index is 1200. The highest BCUT2D eigenvalue weighted by Gasteiger charge is 2.50. The fourth-order valence-electron chi connectivity index (χ4n) is 7.51. The lowest BCUT2D eigenvalue weighted by molar-refractivity contribution is -0.301. The minimum absolute atomic E-state index is 0.0526. The van der Waals surface area contributed by atoms with Crippen molar-refractivity contribution >= 4 is 23.9 Å². The van der Waals surface area contributed by atoms with E-state index in [2.05, 4.69) is 45.1 Å². The van der Waals surface area contributed by atoms with Crippen LogP contribution in [0.4, 0.5) is 0 Å². The van der Waals surface area contributed by atoms with Crippen LogP contribution in [0.3, 0.4) is 0 Å². The molecule has 12 heteroatoms. The number of aliphatic carboxylic acids is 1. The van der Waals surface area contributed by atoms with Crippen LogP contribution >= 0.6 is 0 Å². The fourth-order valence-corrected chi connectivity index (χ4v) is 7.51. The summed E-state index contributed by atoms with van der Waals surface area (Å²) < 4.78 is 28.2. The molecule has 0 aromatic rings. The van der Waals surface area contributed by atoms with Gasteiger partial charge in [-0.25, -0.2) is 4.79 Å². The third-order valence-corrected chi connectivity index (χ3v) is 11.5. The Morgan fingerprint density at radius 3 is 1.40 bits per heavy atom. The molecule has 6 atom stereocenters. The first-order valence-corrected chi connectivity index (χ1v) is 25.3. The Morgan fingerprint density at radius 2 is 0.921 bits per heavy atom. The van der Waals surface area contributed by atoms with Crippen molar-refractivity contribution in [3.8, 4) is 0 Å². The van der Waals surface area contributed by atoms with Crippen molar-refractivity contribution in [1.82, 2.24) is 0 Å². The second-order valence-electron chi connectivity index (χ2n) is 17.5. The van der Waals surface area contributed by atoms with Gasteiger partial charge in [0, 0.05) is 19.3 Å². The van der Waals surface area contributed by atoms with Crippen LogP contribution in [0.5, 0.6) is 0 Å². The van der Waals surface area contributed by atoms with Crippen LogP contribution in [-0.2, 0) is 42.9 Å². The summed E-state index contributed by atoms with van der Waals surface area (Å²) in [6.07, 6.45) is 30.4. The third-order valence-electron chi connectivity index (χ3n) is 11.5. The highest BCUT2D eigenvalue weighted by Crippen LogP contribution is 2.26. The van der Waals surface area contributed by atoms with Gasteiger partial charge in [0.25, 0.3) is 0 Å². The van der Waals surface area contributed by atoms with Crippen molar-refractivity contribution in [2.45, 2.75) is 263 Å². The Balaban J connectivity index is 2.76. The van der Waals surface area contributed by atoms with Gasteiger partial charge in [-0.2, -0.15) is 0 Å². The number of unbranched alkanes of at least 4 members (excludes halogenated alkanes) is 24. The maximum atomic E-state index is 13.0. The van der Waals surface area contributed by atoms with Crippen LogP contribution in [0, 0.1) is 0 Å². The number of carboxylic acid groups (broad SMARTS) is 1. The smallest absolute Gasteiger partial charge is 0.335 e. The second kappa shape index (κ2) is 40.7. The molecule has 0 aliphatic carbocycles. The SMILES string of the molecule is CCCC/C=C\CCCCCCCC(=O)OCC(COC1OC(C(=O)O)C(O)C(O)C1OC(=O)CCCCCCC/C=C\CCCC)OC(=O)CCCCCCCCCCCCC. The molecule has 1 fully saturated rings. The van der Waals surface area contributed by atoms with Gasteiger partial charge in [-0.3, -0.25) is 14.4 Å². The Hall–Kier alpha value is -2.80. The number of aliphatic hydroxyl groups is 2. The second-order valence-corrected chi connectivity index (χ2v) is 17.5. The van der Waals surface area contributed by atoms with Gasteiger partial charge in [0.05, 0.1) is 6.61 Å². The minimum atomic E-state index is -1.90. The number of carbonyl (C=O) groups excluding carboxylic acids is 3. The van der Waals surface area contributed by atoms with Crippen LogP contribution < -0.4 is 0 Å². The van der Waals surface area contributed by atoms with E-state index in [1.165, 1.54) is 70.6 Å². The van der Waals surface area contributed by atoms with E-state index in [9.17, 15) is 34.5 Å². The van der Waals surface area contributed by atoms with Crippen molar-refractivity contribution in [2.24, 2.45) is 0 Å². The number of ether oxygens (including phenoxy) is 5. The molecule has 1 aliphatic rings. The monoisotopic (exact) mass is 895 g/mol. The maximum absolute atomic E-state index is 13.0. The van der Waals surface area contributed by atoms with E-state index in [0.717, 1.165) is 96.3 Å². The molecule has 0 saturated carbocycles. The van der Waals surface area contributed by atoms with Gasteiger partial charge in [-0.05, 0) is 57.8 Å². The number of esters is 3. The van der Waals surface area contributed by atoms with E-state index >= 15 is 0 Å². The number of aliphatic hydroxyl groups excluding tert-OH is 2. The van der Waals surface area contributed by atoms with Crippen LogP contribution in [0.25, 0.3) is 0 Å². The molecule has 1 rings (SSSR count). The zero-order chi connectivity index (χ0) is 46.2. The summed E-state index contributed by atoms with van der Waals surface area (Å²) in [4.78, 5) is 50.6. The van der Waals surface area contributed by atoms with Gasteiger partial charge in [-0.15, -0.1) is 0 Å². The van der Waals surface area contributed by atoms with E-state index in [-0.39, 0.29) is 25.9 Å². The molecule has 1 aliphatic heterocycles. The molecule has 6 unspecified atom stereocenters. The van der Waals surface area contributed by atoms with Crippen molar-refractivity contribution in [3.63, 3.8) is 0 Å². The molecule has 3 N–H and O–H groups in total. The lowest BCUT2D eigenvalue weighted by Gasteiger charge is -2.40. The van der Waals surface area contributed by atoms with Crippen LogP contribution in [-0.4, -0.2) is 89.2 Å². The molecule has 1 heterocycles. The molecule has 0 bridgehead atoms. The summed E-state index contributed by atoms with van der Waals surface area (Å²) in [6, 6.07) is 0. The molecule has 0 aromatic heterocycles. The number of carboxylic acids is 1. The quantitative estimate of drug-likeness (QED) is 0.0229. The van der Waals surface area contributed by atoms with Gasteiger partial charge >= 0.3 is 23.9 Å². The number of carbonyl (C=O) groups is 4. The summed E-state index contributed by atoms with van der Waals surface area (Å²) in [7, 11) is 0. The first-order valence-electron chi connectivity index (χ1n) is 25.3. The molecule has 366 valence electrons. The lowest BCUT2D eigenvalue weighted by atomic mass is 9.98. The van der Waals surface area contributed by atoms with Gasteiger partial charge in [0.15, 0.2) is 24.6 Å². The lowest BCUT2D eigenvalue weighted by Crippen LogP contribution is -2.61. The Labute approximate surface area is 381 Å². The zero-order valence-electron chi connectivity index (χ0n) is 39.8. The molecular formula is C51H90O12. The summed E-state index contributed by atoms with van der Waals surface area (Å²) in [5.41, 5.74) is 0. The summed E-state index contributed by atoms with van der Waals surface area (Å²) >= 11 is 0. The van der Waals surface area contributed by atoms with Gasteiger partial charge in [-0.1, -0.05) is 173 Å². The topological polar surface area (TPSA) is 175 Å². The van der Waals surface area contributed by atoms with E-state index in [1.807, 2.05) is 0 Å². The Kier molecular flexibility index (Phi) is 37.6. The van der Waals surface area contributed by atoms with Gasteiger partial charge in [0.1, 0.15) is 18.8 Å². The molecule has 0 amide bonds. The fraction of sp³-hybridized carbons (Fsp3) is 0.843. The van der Waals surface area contributed by atoms with E-state index < -0.39 is 67.3 Å². The van der Waals surface area contributed by atoms with E-state index in [0.29, 0.717) is 19.3 Å². The molecule has 63 heavy (non-hydrogen) atoms. The average Bonchev–Trinajstić information content (AvgIpc) is 3.26. The third kappa shape index (κ3) is 31.7. The summed E-state index contributed by atoms with van der Waals surface area (Å²) in [5, 5.41) is 31.2. The van der Waals surface area contributed by atoms with Crippen molar-refractivity contribution in [1.29, 1.82) is 0 Å². The maximum Gasteiger partial charge on any atom is 0.335 e. The standard InChI is InChI=1S/C51H90O12/c1-4-7-10-13-16-19-22-25-28-31-34-37-43(52)59-40-42(61-44(53)38-35-32-29-26-23-20-17-14-11-8-5-2)41-60-51-49(47(56)46(55)48(63-51)50(57)58)62-45(54)39-36-33-30-27-24-21-18-15-12-9-6-3/h13,15-16,18,42,46-49,51,55-56H,4-12,14,17,19-41H2,1-3H3,(H,57,58)/b16-13-,18-15-. The molecular weight excluding hydrogens is 805 g/mol. The predicted molar refractivity (Wildman–Crippen MR) is 248 cm³/mol. The number of hydrogen-bond donors (Lipinski definition) is 3. The molecule has 12 nitrogen and oxygen atoms in total. The first kappa shape index (κ1) is 58.2. The van der Waals surface area contributed by atoms with E-state index in [1.54, 1.807) is 0 Å². The van der Waals surface area contributed by atoms with Crippen molar-refractivity contribution < 1.29 is 58.2 Å². The summed E-state index contributed by atoms with van der Waals surface area (Å²) in [6.45, 7) is 5.86. The predicted octanol–water partition coefficient (Wildman–Crippen LogP) is 11.6. The highest BCUT2D eigenvalue weighted by molar-refractivity contribution is 5.74. The minimum Gasteiger partial charge on any atom is -0.479 e. The number of hydrogen-bond acceptors (Lipinski definition) is 11. The Morgan fingerprint density at radius 1 is 0.508 bits per heavy atom. The van der Waals surface area contributed by atoms with Crippen molar-refractivity contribution in [2.75, 3.05) is 13.2 Å². The number of rotatable bonds is 42. The summed E-state index contributed by atoms with van der Waals surface area (Å²) in [5.74, 6) is -3.13. The van der Waals surface area contributed by atoms with Crippen LogP contribution in [0.15, 0.2) is 24.3 Å². The van der Waals surface area contributed by atoms with Gasteiger partial charge in [0.2, 0.25) is 0 Å². The molecule has 0 radical (unpaired) electrons. The van der Waals surface area contributed by atoms with Gasteiger partial charge < -0.3 is 39.0 Å². The van der Waals surface area contributed by atoms with Crippen LogP contribution in [0.2, 0.25) is 0 Å². The van der Waals surface area contributed by atoms with Crippen molar-refractivity contribution in [3.05, 3.63) is 24.3 Å².